The van der Waals surface area contributed by atoms with Crippen LogP contribution in [0.1, 0.15) is 48.9 Å². The Kier molecular flexibility index (Phi) is 5.76. The normalized spacial score (nSPS) is 28.6. The minimum absolute atomic E-state index is 0. The Morgan fingerprint density at radius 1 is 1.13 bits per heavy atom. The van der Waals surface area contributed by atoms with Crippen LogP contribution in [0.2, 0.25) is 0 Å². The third-order valence-electron chi connectivity index (χ3n) is 4.96. The number of anilines is 1. The highest BCUT2D eigenvalue weighted by atomic mass is 35.5. The third-order valence-corrected chi connectivity index (χ3v) is 4.96. The molecule has 3 fully saturated rings. The average molecular weight is 359 g/mol. The van der Waals surface area contributed by atoms with Crippen molar-refractivity contribution in [2.45, 2.75) is 62.7 Å². The summed E-state index contributed by atoms with van der Waals surface area (Å²) in [4.78, 5) is 18.9. The monoisotopic (exact) mass is 358 g/mol. The number of rotatable bonds is 3. The predicted molar refractivity (Wildman–Crippen MR) is 95.7 cm³/mol. The van der Waals surface area contributed by atoms with Crippen molar-refractivity contribution in [3.63, 3.8) is 0 Å². The molecule has 23 heavy (non-hydrogen) atoms. The van der Waals surface area contributed by atoms with E-state index in [0.717, 1.165) is 31.5 Å². The highest BCUT2D eigenvalue weighted by molar-refractivity contribution is 5.94. The molecule has 1 aliphatic carbocycles. The van der Waals surface area contributed by atoms with Crippen LogP contribution in [0, 0.1) is 0 Å². The lowest BCUT2D eigenvalue weighted by Gasteiger charge is -2.38. The zero-order chi connectivity index (χ0) is 14.4. The van der Waals surface area contributed by atoms with Gasteiger partial charge in [0, 0.05) is 30.4 Å². The van der Waals surface area contributed by atoms with E-state index in [1.165, 1.54) is 12.8 Å². The molecule has 0 radical (unpaired) electrons. The lowest BCUT2D eigenvalue weighted by molar-refractivity contribution is 0.0950. The van der Waals surface area contributed by atoms with Gasteiger partial charge < -0.3 is 16.0 Å². The molecule has 2 saturated heterocycles. The number of carbonyl (C=O) groups is 1. The molecular weight excluding hydrogens is 335 g/mol. The molecule has 1 saturated carbocycles. The van der Waals surface area contributed by atoms with Crippen LogP contribution in [0.15, 0.2) is 18.3 Å². The van der Waals surface area contributed by atoms with E-state index in [0.29, 0.717) is 29.7 Å². The van der Waals surface area contributed by atoms with Gasteiger partial charge in [-0.2, -0.15) is 0 Å². The van der Waals surface area contributed by atoms with Crippen LogP contribution in [-0.4, -0.2) is 35.1 Å². The Labute approximate surface area is 149 Å². The van der Waals surface area contributed by atoms with Crippen LogP contribution in [0.25, 0.3) is 0 Å². The number of hydrogen-bond acceptors (Lipinski definition) is 4. The van der Waals surface area contributed by atoms with Crippen molar-refractivity contribution in [2.75, 3.05) is 4.90 Å². The van der Waals surface area contributed by atoms with Crippen molar-refractivity contribution in [1.29, 1.82) is 0 Å². The Hall–Kier alpha value is -1.04. The molecule has 1 amide bonds. The molecule has 3 N–H and O–H groups in total. The maximum Gasteiger partial charge on any atom is 0.253 e. The molecule has 3 heterocycles. The first-order valence-electron chi connectivity index (χ1n) is 8.01. The summed E-state index contributed by atoms with van der Waals surface area (Å²) in [7, 11) is 0. The zero-order valence-corrected chi connectivity index (χ0v) is 14.6. The molecule has 2 bridgehead atoms. The van der Waals surface area contributed by atoms with E-state index in [4.69, 9.17) is 5.73 Å². The van der Waals surface area contributed by atoms with Crippen molar-refractivity contribution in [1.82, 2.24) is 10.3 Å². The summed E-state index contributed by atoms with van der Waals surface area (Å²) in [6.45, 7) is 0. The lowest BCUT2D eigenvalue weighted by Crippen LogP contribution is -2.47. The second kappa shape index (κ2) is 7.24. The van der Waals surface area contributed by atoms with Crippen LogP contribution in [0.4, 0.5) is 5.82 Å². The minimum atomic E-state index is 0. The smallest absolute Gasteiger partial charge is 0.253 e. The molecule has 3 atom stereocenters. The minimum Gasteiger partial charge on any atom is -0.351 e. The van der Waals surface area contributed by atoms with Gasteiger partial charge in [-0.15, -0.1) is 24.8 Å². The number of pyridine rings is 1. The molecular formula is C16H24Cl2N4O. The summed E-state index contributed by atoms with van der Waals surface area (Å²) in [6.07, 6.45) is 8.46. The molecule has 4 rings (SSSR count). The number of aromatic nitrogens is 1. The molecule has 3 aliphatic rings. The van der Waals surface area contributed by atoms with Gasteiger partial charge >= 0.3 is 0 Å². The van der Waals surface area contributed by atoms with E-state index in [9.17, 15) is 4.79 Å². The lowest BCUT2D eigenvalue weighted by atomic mass is 9.98. The molecule has 128 valence electrons. The van der Waals surface area contributed by atoms with Crippen molar-refractivity contribution >= 4 is 36.5 Å². The topological polar surface area (TPSA) is 71.2 Å². The number of halogens is 2. The van der Waals surface area contributed by atoms with Gasteiger partial charge in [0.2, 0.25) is 0 Å². The fourth-order valence-electron chi connectivity index (χ4n) is 3.76. The Balaban J connectivity index is 0.000000960. The van der Waals surface area contributed by atoms with Crippen molar-refractivity contribution < 1.29 is 4.79 Å². The highest BCUT2D eigenvalue weighted by Gasteiger charge is 2.40. The number of hydrogen-bond donors (Lipinski definition) is 2. The Bertz CT molecular complexity index is 536. The van der Waals surface area contributed by atoms with Crippen molar-refractivity contribution in [3.8, 4) is 0 Å². The number of piperidine rings is 1. The van der Waals surface area contributed by atoms with E-state index in [-0.39, 0.29) is 30.7 Å². The number of nitrogens with one attached hydrogen (secondary N) is 1. The molecule has 7 heteroatoms. The summed E-state index contributed by atoms with van der Waals surface area (Å²) in [5.41, 5.74) is 6.77. The molecule has 1 aromatic rings. The third kappa shape index (κ3) is 3.73. The van der Waals surface area contributed by atoms with E-state index < -0.39 is 0 Å². The quantitative estimate of drug-likeness (QED) is 0.869. The SMILES string of the molecule is Cl.Cl.N[C@H]1C[C@H]2CC[C@@H](C1)N2c1ccc(C(=O)NC2CC2)cn1. The molecule has 5 nitrogen and oxygen atoms in total. The summed E-state index contributed by atoms with van der Waals surface area (Å²) in [5, 5.41) is 3.00. The zero-order valence-electron chi connectivity index (χ0n) is 13.0. The summed E-state index contributed by atoms with van der Waals surface area (Å²) < 4.78 is 0. The summed E-state index contributed by atoms with van der Waals surface area (Å²) in [5.74, 6) is 0.998. The van der Waals surface area contributed by atoms with Gasteiger partial charge in [0.15, 0.2) is 0 Å². The fourth-order valence-corrected chi connectivity index (χ4v) is 3.76. The second-order valence-electron chi connectivity index (χ2n) is 6.68. The highest BCUT2D eigenvalue weighted by Crippen LogP contribution is 2.37. The van der Waals surface area contributed by atoms with Gasteiger partial charge in [-0.25, -0.2) is 4.98 Å². The molecule has 0 unspecified atom stereocenters. The van der Waals surface area contributed by atoms with E-state index in [1.807, 2.05) is 12.1 Å². The van der Waals surface area contributed by atoms with Gasteiger partial charge in [-0.3, -0.25) is 4.79 Å². The fraction of sp³-hybridized carbons (Fsp3) is 0.625. The van der Waals surface area contributed by atoms with Crippen LogP contribution in [0.3, 0.4) is 0 Å². The Morgan fingerprint density at radius 2 is 1.78 bits per heavy atom. The van der Waals surface area contributed by atoms with Gasteiger partial charge in [0.05, 0.1) is 5.56 Å². The van der Waals surface area contributed by atoms with Gasteiger partial charge in [-0.1, -0.05) is 0 Å². The van der Waals surface area contributed by atoms with Crippen LogP contribution < -0.4 is 16.0 Å². The molecule has 0 spiro atoms. The standard InChI is InChI=1S/C16H22N4O.2ClH/c17-11-7-13-4-5-14(8-11)20(13)15-6-1-10(9-18-15)16(21)19-12-2-3-12;;/h1,6,9,11-14H,2-5,7-8,17H2,(H,19,21);2*1H/t11-,13+,14-;;. The van der Waals surface area contributed by atoms with E-state index >= 15 is 0 Å². The number of nitrogens with zero attached hydrogens (tertiary/aromatic N) is 2. The van der Waals surface area contributed by atoms with Crippen LogP contribution in [0.5, 0.6) is 0 Å². The number of fused-ring (bicyclic) bond motifs is 2. The maximum atomic E-state index is 12.0. The van der Waals surface area contributed by atoms with Crippen molar-refractivity contribution in [2.24, 2.45) is 5.73 Å². The summed E-state index contributed by atoms with van der Waals surface area (Å²) >= 11 is 0. The maximum absolute atomic E-state index is 12.0. The number of carbonyl (C=O) groups excluding carboxylic acids is 1. The van der Waals surface area contributed by atoms with Gasteiger partial charge in [0.25, 0.3) is 5.91 Å². The average Bonchev–Trinajstić information content (AvgIpc) is 3.24. The number of nitrogens with two attached hydrogens (primary N) is 1. The second-order valence-corrected chi connectivity index (χ2v) is 6.68. The number of amides is 1. The van der Waals surface area contributed by atoms with E-state index in [2.05, 4.69) is 15.2 Å². The molecule has 2 aliphatic heterocycles. The van der Waals surface area contributed by atoms with Crippen LogP contribution >= 0.6 is 24.8 Å². The first-order chi connectivity index (χ1) is 10.2. The molecule has 1 aromatic heterocycles. The van der Waals surface area contributed by atoms with Gasteiger partial charge in [-0.05, 0) is 50.7 Å². The van der Waals surface area contributed by atoms with Crippen molar-refractivity contribution in [3.05, 3.63) is 23.9 Å². The predicted octanol–water partition coefficient (Wildman–Crippen LogP) is 2.28. The Morgan fingerprint density at radius 3 is 2.30 bits per heavy atom. The van der Waals surface area contributed by atoms with E-state index in [1.54, 1.807) is 6.20 Å². The van der Waals surface area contributed by atoms with Crippen LogP contribution in [-0.2, 0) is 0 Å². The summed E-state index contributed by atoms with van der Waals surface area (Å²) in [6, 6.07) is 5.66. The first-order valence-corrected chi connectivity index (χ1v) is 8.01. The first kappa shape index (κ1) is 18.3. The molecule has 0 aromatic carbocycles. The largest absolute Gasteiger partial charge is 0.351 e. The van der Waals surface area contributed by atoms with Gasteiger partial charge in [0.1, 0.15) is 5.82 Å².